The number of nitrogens with zero attached hydrogens (tertiary/aromatic N) is 1. The van der Waals surface area contributed by atoms with E-state index in [1.54, 1.807) is 49.6 Å². The van der Waals surface area contributed by atoms with Crippen LogP contribution in [0, 0.1) is 17.2 Å². The number of carbonyl (C=O) groups is 1. The van der Waals surface area contributed by atoms with Crippen molar-refractivity contribution in [2.45, 2.75) is 30.7 Å². The number of nitrogens with one attached hydrogen (secondary N) is 1. The molecule has 1 atom stereocenters. The summed E-state index contributed by atoms with van der Waals surface area (Å²) in [5.41, 5.74) is 0.984. The van der Waals surface area contributed by atoms with Crippen molar-refractivity contribution >= 4 is 27.3 Å². The van der Waals surface area contributed by atoms with Crippen molar-refractivity contribution in [2.24, 2.45) is 5.92 Å². The van der Waals surface area contributed by atoms with Gasteiger partial charge in [-0.25, -0.2) is 8.42 Å². The number of sulfonamides is 1. The molecule has 0 spiro atoms. The number of esters is 1. The number of hydrogen-bond donors (Lipinski definition) is 1. The van der Waals surface area contributed by atoms with Gasteiger partial charge in [0, 0.05) is 5.56 Å². The zero-order valence-electron chi connectivity index (χ0n) is 13.8. The molecule has 2 rings (SSSR count). The molecule has 0 aliphatic heterocycles. The Balaban J connectivity index is 2.10. The van der Waals surface area contributed by atoms with Crippen LogP contribution in [0.5, 0.6) is 0 Å². The minimum Gasteiger partial charge on any atom is -0.460 e. The van der Waals surface area contributed by atoms with E-state index in [0.29, 0.717) is 11.1 Å². The first-order chi connectivity index (χ1) is 11.8. The summed E-state index contributed by atoms with van der Waals surface area (Å²) in [4.78, 5) is 12.4. The molecule has 0 bridgehead atoms. The van der Waals surface area contributed by atoms with E-state index in [1.165, 1.54) is 6.07 Å². The van der Waals surface area contributed by atoms with E-state index in [2.05, 4.69) is 4.72 Å². The van der Waals surface area contributed by atoms with Crippen LogP contribution in [-0.4, -0.2) is 20.4 Å². The second-order valence-corrected chi connectivity index (χ2v) is 8.54. The Labute approximate surface area is 151 Å². The van der Waals surface area contributed by atoms with Crippen molar-refractivity contribution in [3.8, 4) is 6.07 Å². The fraction of sp³-hybridized carbons (Fsp3) is 0.294. The highest BCUT2D eigenvalue weighted by atomic mass is 32.2. The topological polar surface area (TPSA) is 96.3 Å². The Morgan fingerprint density at radius 1 is 1.28 bits per heavy atom. The van der Waals surface area contributed by atoms with Crippen LogP contribution in [0.25, 0.3) is 0 Å². The van der Waals surface area contributed by atoms with E-state index in [-0.39, 0.29) is 16.7 Å². The maximum Gasteiger partial charge on any atom is 0.324 e. The number of nitriles is 1. The van der Waals surface area contributed by atoms with Gasteiger partial charge in [-0.05, 0) is 23.4 Å². The lowest BCUT2D eigenvalue weighted by atomic mass is 10.1. The molecule has 0 unspecified atom stereocenters. The summed E-state index contributed by atoms with van der Waals surface area (Å²) in [7, 11) is -3.79. The number of thiophene rings is 1. The average Bonchev–Trinajstić information content (AvgIpc) is 3.13. The van der Waals surface area contributed by atoms with Crippen LogP contribution >= 0.6 is 11.3 Å². The van der Waals surface area contributed by atoms with Gasteiger partial charge in [0.15, 0.2) is 0 Å². The number of ether oxygens (including phenoxy) is 1. The highest BCUT2D eigenvalue weighted by Gasteiger charge is 2.30. The quantitative estimate of drug-likeness (QED) is 0.747. The molecule has 0 amide bonds. The minimum absolute atomic E-state index is 0.0908. The summed E-state index contributed by atoms with van der Waals surface area (Å²) in [6.07, 6.45) is 0. The first-order valence-corrected chi connectivity index (χ1v) is 9.92. The second kappa shape index (κ2) is 8.25. The minimum atomic E-state index is -3.79. The van der Waals surface area contributed by atoms with Crippen LogP contribution in [0.1, 0.15) is 25.0 Å². The average molecular weight is 378 g/mol. The normalized spacial score (nSPS) is 12.6. The molecule has 25 heavy (non-hydrogen) atoms. The van der Waals surface area contributed by atoms with Crippen molar-refractivity contribution in [1.29, 1.82) is 5.26 Å². The van der Waals surface area contributed by atoms with Gasteiger partial charge >= 0.3 is 5.97 Å². The SMILES string of the molecule is CC(C)[C@H](NS(=O)(=O)c1cccs1)C(=O)OCc1ccccc1C#N. The van der Waals surface area contributed by atoms with Gasteiger partial charge in [-0.3, -0.25) is 4.79 Å². The van der Waals surface area contributed by atoms with Crippen molar-refractivity contribution < 1.29 is 17.9 Å². The Hall–Kier alpha value is -2.21. The smallest absolute Gasteiger partial charge is 0.324 e. The number of rotatable bonds is 7. The third kappa shape index (κ3) is 4.89. The molecule has 0 aliphatic rings. The molecule has 1 heterocycles. The summed E-state index contributed by atoms with van der Waals surface area (Å²) >= 11 is 1.07. The van der Waals surface area contributed by atoms with E-state index in [9.17, 15) is 13.2 Å². The lowest BCUT2D eigenvalue weighted by Crippen LogP contribution is -2.45. The van der Waals surface area contributed by atoms with Gasteiger partial charge < -0.3 is 4.74 Å². The van der Waals surface area contributed by atoms with Crippen molar-refractivity contribution in [3.05, 3.63) is 52.9 Å². The molecule has 1 aromatic carbocycles. The van der Waals surface area contributed by atoms with Crippen LogP contribution in [-0.2, 0) is 26.2 Å². The molecule has 0 fully saturated rings. The van der Waals surface area contributed by atoms with Crippen molar-refractivity contribution in [2.75, 3.05) is 0 Å². The predicted octanol–water partition coefficient (Wildman–Crippen LogP) is 2.67. The molecule has 6 nitrogen and oxygen atoms in total. The molecular formula is C17H18N2O4S2. The van der Waals surface area contributed by atoms with Crippen LogP contribution < -0.4 is 4.72 Å². The second-order valence-electron chi connectivity index (χ2n) is 5.65. The largest absolute Gasteiger partial charge is 0.460 e. The fourth-order valence-corrected chi connectivity index (χ4v) is 4.43. The fourth-order valence-electron chi connectivity index (χ4n) is 2.09. The molecule has 8 heteroatoms. The van der Waals surface area contributed by atoms with Gasteiger partial charge in [0.2, 0.25) is 0 Å². The molecular weight excluding hydrogens is 360 g/mol. The third-order valence-electron chi connectivity index (χ3n) is 3.47. The number of benzene rings is 1. The summed E-state index contributed by atoms with van der Waals surface area (Å²) in [5, 5.41) is 10.7. The van der Waals surface area contributed by atoms with E-state index in [1.807, 2.05) is 6.07 Å². The first-order valence-electron chi connectivity index (χ1n) is 7.55. The van der Waals surface area contributed by atoms with Gasteiger partial charge in [0.1, 0.15) is 16.9 Å². The van der Waals surface area contributed by atoms with Gasteiger partial charge in [-0.2, -0.15) is 9.98 Å². The van der Waals surface area contributed by atoms with Gasteiger partial charge in [0.05, 0.1) is 11.6 Å². The zero-order chi connectivity index (χ0) is 18.4. The van der Waals surface area contributed by atoms with Crippen LogP contribution in [0.2, 0.25) is 0 Å². The highest BCUT2D eigenvalue weighted by molar-refractivity contribution is 7.91. The molecule has 0 saturated carbocycles. The molecule has 1 N–H and O–H groups in total. The Kier molecular flexibility index (Phi) is 6.31. The van der Waals surface area contributed by atoms with Crippen LogP contribution in [0.4, 0.5) is 0 Å². The predicted molar refractivity (Wildman–Crippen MR) is 94.2 cm³/mol. The lowest BCUT2D eigenvalue weighted by molar-refractivity contribution is -0.148. The lowest BCUT2D eigenvalue weighted by Gasteiger charge is -2.20. The Morgan fingerprint density at radius 3 is 2.60 bits per heavy atom. The number of carbonyl (C=O) groups excluding carboxylic acids is 1. The van der Waals surface area contributed by atoms with E-state index in [0.717, 1.165) is 11.3 Å². The standard InChI is InChI=1S/C17H18N2O4S2/c1-12(2)16(19-25(21,22)15-8-5-9-24-15)17(20)23-11-14-7-4-3-6-13(14)10-18/h3-9,12,16,19H,11H2,1-2H3/t16-/m0/s1. The van der Waals surface area contributed by atoms with E-state index in [4.69, 9.17) is 10.00 Å². The third-order valence-corrected chi connectivity index (χ3v) is 6.31. The van der Waals surface area contributed by atoms with Gasteiger partial charge in [0.25, 0.3) is 10.0 Å². The molecule has 2 aromatic rings. The van der Waals surface area contributed by atoms with Gasteiger partial charge in [-0.15, -0.1) is 11.3 Å². The monoisotopic (exact) mass is 378 g/mol. The summed E-state index contributed by atoms with van der Waals surface area (Å²) < 4.78 is 32.5. The molecule has 132 valence electrons. The molecule has 1 aromatic heterocycles. The maximum absolute atomic E-state index is 12.4. The van der Waals surface area contributed by atoms with E-state index < -0.39 is 22.0 Å². The van der Waals surface area contributed by atoms with Crippen molar-refractivity contribution in [3.63, 3.8) is 0 Å². The van der Waals surface area contributed by atoms with Crippen molar-refractivity contribution in [1.82, 2.24) is 4.72 Å². The Bertz CT molecular complexity index is 868. The Morgan fingerprint density at radius 2 is 2.00 bits per heavy atom. The summed E-state index contributed by atoms with van der Waals surface area (Å²) in [6, 6.07) is 10.9. The summed E-state index contributed by atoms with van der Waals surface area (Å²) in [6.45, 7) is 3.37. The van der Waals surface area contributed by atoms with Crippen LogP contribution in [0.3, 0.4) is 0 Å². The van der Waals surface area contributed by atoms with Gasteiger partial charge in [-0.1, -0.05) is 38.1 Å². The summed E-state index contributed by atoms with van der Waals surface area (Å²) in [5.74, 6) is -0.976. The molecule has 0 aliphatic carbocycles. The highest BCUT2D eigenvalue weighted by Crippen LogP contribution is 2.18. The van der Waals surface area contributed by atoms with Crippen LogP contribution in [0.15, 0.2) is 46.0 Å². The van der Waals surface area contributed by atoms with E-state index >= 15 is 0 Å². The maximum atomic E-state index is 12.4. The first kappa shape index (κ1) is 19.1. The molecule has 0 saturated heterocycles. The zero-order valence-corrected chi connectivity index (χ0v) is 15.4. The molecule has 0 radical (unpaired) electrons. The number of hydrogen-bond acceptors (Lipinski definition) is 6.